The maximum absolute atomic E-state index is 11.3. The first-order valence-electron chi connectivity index (χ1n) is 5.88. The number of rotatable bonds is 6. The molecular weight excluding hydrogens is 216 g/mol. The number of hydrogen-bond donors (Lipinski definition) is 0. The molecule has 1 unspecified atom stereocenters. The number of ether oxygens (including phenoxy) is 1. The van der Waals surface area contributed by atoms with Crippen LogP contribution in [-0.2, 0) is 16.1 Å². The quantitative estimate of drug-likeness (QED) is 0.707. The average Bonchev–Trinajstić information content (AvgIpc) is 2.30. The summed E-state index contributed by atoms with van der Waals surface area (Å²) in [7, 11) is 2.00. The fourth-order valence-electron chi connectivity index (χ4n) is 1.55. The Morgan fingerprint density at radius 2 is 2.35 bits per heavy atom. The summed E-state index contributed by atoms with van der Waals surface area (Å²) in [5.41, 5.74) is 1.14. The number of aromatic nitrogens is 1. The third kappa shape index (κ3) is 4.95. The Morgan fingerprint density at radius 3 is 2.94 bits per heavy atom. The van der Waals surface area contributed by atoms with Gasteiger partial charge in [0.2, 0.25) is 0 Å². The van der Waals surface area contributed by atoms with Gasteiger partial charge in [-0.2, -0.15) is 0 Å². The number of nitrogens with zero attached hydrogens (tertiary/aromatic N) is 2. The van der Waals surface area contributed by atoms with E-state index in [0.717, 1.165) is 12.1 Å². The average molecular weight is 236 g/mol. The highest BCUT2D eigenvalue weighted by Gasteiger charge is 2.14. The Hall–Kier alpha value is -1.42. The van der Waals surface area contributed by atoms with Crippen molar-refractivity contribution in [3.05, 3.63) is 30.1 Å². The van der Waals surface area contributed by atoms with E-state index in [1.54, 1.807) is 6.20 Å². The van der Waals surface area contributed by atoms with Crippen molar-refractivity contribution < 1.29 is 9.53 Å². The van der Waals surface area contributed by atoms with Gasteiger partial charge in [0, 0.05) is 25.0 Å². The van der Waals surface area contributed by atoms with E-state index in [1.165, 1.54) is 0 Å². The van der Waals surface area contributed by atoms with Crippen LogP contribution in [0.15, 0.2) is 24.5 Å². The summed E-state index contributed by atoms with van der Waals surface area (Å²) < 4.78 is 4.93. The van der Waals surface area contributed by atoms with E-state index in [9.17, 15) is 4.79 Å². The second kappa shape index (κ2) is 7.01. The Morgan fingerprint density at radius 1 is 1.59 bits per heavy atom. The summed E-state index contributed by atoms with van der Waals surface area (Å²) >= 11 is 0. The Kier molecular flexibility index (Phi) is 5.63. The maximum Gasteiger partial charge on any atom is 0.307 e. The number of hydrogen-bond acceptors (Lipinski definition) is 4. The first kappa shape index (κ1) is 13.6. The number of carbonyl (C=O) groups excluding carboxylic acids is 1. The minimum atomic E-state index is -0.141. The van der Waals surface area contributed by atoms with Gasteiger partial charge in [0.25, 0.3) is 0 Å². The van der Waals surface area contributed by atoms with Gasteiger partial charge in [0.15, 0.2) is 0 Å². The molecule has 0 radical (unpaired) electrons. The van der Waals surface area contributed by atoms with E-state index in [0.29, 0.717) is 13.0 Å². The van der Waals surface area contributed by atoms with Crippen molar-refractivity contribution in [2.24, 2.45) is 0 Å². The lowest BCUT2D eigenvalue weighted by Crippen LogP contribution is -2.31. The van der Waals surface area contributed by atoms with E-state index < -0.39 is 0 Å². The van der Waals surface area contributed by atoms with Gasteiger partial charge >= 0.3 is 5.97 Å². The van der Waals surface area contributed by atoms with Crippen molar-refractivity contribution in [1.29, 1.82) is 0 Å². The molecule has 94 valence electrons. The monoisotopic (exact) mass is 236 g/mol. The van der Waals surface area contributed by atoms with Gasteiger partial charge in [-0.15, -0.1) is 0 Å². The van der Waals surface area contributed by atoms with Gasteiger partial charge in [-0.05, 0) is 32.5 Å². The lowest BCUT2D eigenvalue weighted by Gasteiger charge is -2.23. The number of esters is 1. The van der Waals surface area contributed by atoms with Crippen LogP contribution in [-0.4, -0.2) is 35.5 Å². The van der Waals surface area contributed by atoms with Crippen LogP contribution in [0.2, 0.25) is 0 Å². The van der Waals surface area contributed by atoms with Gasteiger partial charge < -0.3 is 4.74 Å². The minimum absolute atomic E-state index is 0.141. The summed E-state index contributed by atoms with van der Waals surface area (Å²) in [6, 6.07) is 4.11. The molecule has 4 nitrogen and oxygen atoms in total. The number of pyridine rings is 1. The molecule has 0 aliphatic carbocycles. The molecule has 0 aliphatic heterocycles. The highest BCUT2D eigenvalue weighted by atomic mass is 16.5. The van der Waals surface area contributed by atoms with E-state index in [4.69, 9.17) is 4.74 Å². The van der Waals surface area contributed by atoms with Crippen molar-refractivity contribution in [2.45, 2.75) is 32.9 Å². The summed E-state index contributed by atoms with van der Waals surface area (Å²) in [6.07, 6.45) is 4.02. The van der Waals surface area contributed by atoms with Crippen LogP contribution in [0.4, 0.5) is 0 Å². The molecule has 0 N–H and O–H groups in total. The maximum atomic E-state index is 11.3. The standard InChI is InChI=1S/C13H20N2O2/c1-4-17-13(16)8-11(2)15(3)10-12-6-5-7-14-9-12/h5-7,9,11H,4,8,10H2,1-3H3. The zero-order valence-electron chi connectivity index (χ0n) is 10.7. The Balaban J connectivity index is 2.42. The van der Waals surface area contributed by atoms with Crippen LogP contribution in [0.25, 0.3) is 0 Å². The molecular formula is C13H20N2O2. The SMILES string of the molecule is CCOC(=O)CC(C)N(C)Cc1cccnc1. The molecule has 0 aromatic carbocycles. The van der Waals surface area contributed by atoms with Gasteiger partial charge in [0.1, 0.15) is 0 Å². The van der Waals surface area contributed by atoms with Gasteiger partial charge in [0.05, 0.1) is 13.0 Å². The summed E-state index contributed by atoms with van der Waals surface area (Å²) in [5.74, 6) is -0.141. The predicted molar refractivity (Wildman–Crippen MR) is 66.4 cm³/mol. The molecule has 0 aliphatic rings. The zero-order valence-corrected chi connectivity index (χ0v) is 10.7. The molecule has 1 aromatic heterocycles. The van der Waals surface area contributed by atoms with Crippen LogP contribution in [0.3, 0.4) is 0 Å². The molecule has 1 rings (SSSR count). The van der Waals surface area contributed by atoms with Crippen molar-refractivity contribution in [1.82, 2.24) is 9.88 Å². The zero-order chi connectivity index (χ0) is 12.7. The molecule has 17 heavy (non-hydrogen) atoms. The third-order valence-corrected chi connectivity index (χ3v) is 2.67. The molecule has 0 bridgehead atoms. The van der Waals surface area contributed by atoms with Crippen LogP contribution in [0.1, 0.15) is 25.8 Å². The molecule has 0 spiro atoms. The third-order valence-electron chi connectivity index (χ3n) is 2.67. The molecule has 1 atom stereocenters. The van der Waals surface area contributed by atoms with E-state index in [1.807, 2.05) is 39.2 Å². The van der Waals surface area contributed by atoms with Crippen molar-refractivity contribution in [3.8, 4) is 0 Å². The van der Waals surface area contributed by atoms with Crippen LogP contribution < -0.4 is 0 Å². The first-order valence-corrected chi connectivity index (χ1v) is 5.88. The van der Waals surface area contributed by atoms with Crippen LogP contribution >= 0.6 is 0 Å². The van der Waals surface area contributed by atoms with Gasteiger partial charge in [-0.25, -0.2) is 0 Å². The largest absolute Gasteiger partial charge is 0.466 e. The van der Waals surface area contributed by atoms with Crippen molar-refractivity contribution >= 4 is 5.97 Å². The fraction of sp³-hybridized carbons (Fsp3) is 0.538. The lowest BCUT2D eigenvalue weighted by molar-refractivity contribution is -0.144. The molecule has 1 aromatic rings. The normalized spacial score (nSPS) is 12.5. The Bertz CT molecular complexity index is 341. The topological polar surface area (TPSA) is 42.4 Å². The van der Waals surface area contributed by atoms with E-state index in [-0.39, 0.29) is 12.0 Å². The fourth-order valence-corrected chi connectivity index (χ4v) is 1.55. The van der Waals surface area contributed by atoms with Crippen molar-refractivity contribution in [3.63, 3.8) is 0 Å². The van der Waals surface area contributed by atoms with Gasteiger partial charge in [-0.3, -0.25) is 14.7 Å². The molecule has 0 amide bonds. The molecule has 0 fully saturated rings. The van der Waals surface area contributed by atoms with E-state index >= 15 is 0 Å². The van der Waals surface area contributed by atoms with Crippen molar-refractivity contribution in [2.75, 3.05) is 13.7 Å². The molecule has 4 heteroatoms. The summed E-state index contributed by atoms with van der Waals surface area (Å²) in [5, 5.41) is 0. The number of carbonyl (C=O) groups is 1. The minimum Gasteiger partial charge on any atom is -0.466 e. The Labute approximate surface area is 103 Å². The highest BCUT2D eigenvalue weighted by Crippen LogP contribution is 2.08. The second-order valence-corrected chi connectivity index (χ2v) is 4.13. The van der Waals surface area contributed by atoms with E-state index in [2.05, 4.69) is 9.88 Å². The predicted octanol–water partition coefficient (Wildman–Crippen LogP) is 1.86. The molecule has 0 saturated heterocycles. The van der Waals surface area contributed by atoms with Crippen LogP contribution in [0.5, 0.6) is 0 Å². The molecule has 0 saturated carbocycles. The van der Waals surface area contributed by atoms with Crippen LogP contribution in [0, 0.1) is 0 Å². The second-order valence-electron chi connectivity index (χ2n) is 4.13. The first-order chi connectivity index (χ1) is 8.13. The van der Waals surface area contributed by atoms with Gasteiger partial charge in [-0.1, -0.05) is 6.07 Å². The highest BCUT2D eigenvalue weighted by molar-refractivity contribution is 5.70. The summed E-state index contributed by atoms with van der Waals surface area (Å²) in [6.45, 7) is 5.07. The molecule has 1 heterocycles. The lowest BCUT2D eigenvalue weighted by atomic mass is 10.2. The smallest absolute Gasteiger partial charge is 0.307 e. The summed E-state index contributed by atoms with van der Waals surface area (Å²) in [4.78, 5) is 17.5.